The van der Waals surface area contributed by atoms with Crippen LogP contribution in [0, 0.1) is 0 Å². The average molecular weight is 330 g/mol. The summed E-state index contributed by atoms with van der Waals surface area (Å²) in [5.74, 6) is 0.652. The number of para-hydroxylation sites is 2. The normalized spacial score (nSPS) is 11.7. The lowest BCUT2D eigenvalue weighted by molar-refractivity contribution is -0.115. The van der Waals surface area contributed by atoms with Crippen molar-refractivity contribution in [2.75, 3.05) is 17.7 Å². The fourth-order valence-electron chi connectivity index (χ4n) is 2.14. The molecule has 0 heterocycles. The molecule has 2 rings (SSSR count). The minimum absolute atomic E-state index is 0.0351. The van der Waals surface area contributed by atoms with Gasteiger partial charge in [0, 0.05) is 10.6 Å². The predicted octanol–water partition coefficient (Wildman–Crippen LogP) is 4.18. The Morgan fingerprint density at radius 1 is 1.22 bits per heavy atom. The standard InChI is InChI=1S/C18H22N2O2S/c1-3-17(23-14-9-7-8-13(19)12-14)18(21)20-15-10-5-6-11-16(15)22-4-2/h5-12,17H,3-4,19H2,1-2H3,(H,20,21). The van der Waals surface area contributed by atoms with Gasteiger partial charge < -0.3 is 15.8 Å². The lowest BCUT2D eigenvalue weighted by Crippen LogP contribution is -2.24. The number of hydrogen-bond acceptors (Lipinski definition) is 4. The molecule has 0 aromatic heterocycles. The number of amides is 1. The summed E-state index contributed by atoms with van der Waals surface area (Å²) >= 11 is 1.52. The van der Waals surface area contributed by atoms with Crippen LogP contribution in [0.2, 0.25) is 0 Å². The lowest BCUT2D eigenvalue weighted by Gasteiger charge is -2.17. The molecule has 2 aromatic carbocycles. The monoisotopic (exact) mass is 330 g/mol. The van der Waals surface area contributed by atoms with Crippen molar-refractivity contribution in [2.45, 2.75) is 30.4 Å². The van der Waals surface area contributed by atoms with Gasteiger partial charge in [-0.2, -0.15) is 0 Å². The minimum Gasteiger partial charge on any atom is -0.492 e. The molecule has 0 spiro atoms. The molecule has 0 aliphatic rings. The first-order valence-corrected chi connectivity index (χ1v) is 8.56. The molecular weight excluding hydrogens is 308 g/mol. The molecule has 1 unspecified atom stereocenters. The van der Waals surface area contributed by atoms with Crippen LogP contribution in [0.3, 0.4) is 0 Å². The number of nitrogens with two attached hydrogens (primary N) is 1. The van der Waals surface area contributed by atoms with Crippen molar-refractivity contribution in [1.82, 2.24) is 0 Å². The average Bonchev–Trinajstić information content (AvgIpc) is 2.54. The SMILES string of the molecule is CCOc1ccccc1NC(=O)C(CC)Sc1cccc(N)c1. The highest BCUT2D eigenvalue weighted by molar-refractivity contribution is 8.00. The Hall–Kier alpha value is -2.14. The van der Waals surface area contributed by atoms with Crippen LogP contribution in [0.4, 0.5) is 11.4 Å². The molecule has 122 valence electrons. The van der Waals surface area contributed by atoms with Crippen molar-refractivity contribution in [3.8, 4) is 5.75 Å². The van der Waals surface area contributed by atoms with Gasteiger partial charge in [0.1, 0.15) is 5.75 Å². The van der Waals surface area contributed by atoms with Crippen LogP contribution in [-0.4, -0.2) is 17.8 Å². The number of hydrogen-bond donors (Lipinski definition) is 2. The number of anilines is 2. The Balaban J connectivity index is 2.08. The number of ether oxygens (including phenoxy) is 1. The van der Waals surface area contributed by atoms with Gasteiger partial charge in [0.15, 0.2) is 0 Å². The van der Waals surface area contributed by atoms with E-state index in [-0.39, 0.29) is 11.2 Å². The molecule has 0 aliphatic carbocycles. The summed E-state index contributed by atoms with van der Waals surface area (Å²) in [5.41, 5.74) is 7.20. The molecule has 2 aromatic rings. The third kappa shape index (κ3) is 4.93. The minimum atomic E-state index is -0.188. The van der Waals surface area contributed by atoms with Crippen LogP contribution >= 0.6 is 11.8 Å². The van der Waals surface area contributed by atoms with Gasteiger partial charge in [-0.25, -0.2) is 0 Å². The molecule has 0 bridgehead atoms. The number of nitrogens with one attached hydrogen (secondary N) is 1. The molecule has 0 saturated carbocycles. The van der Waals surface area contributed by atoms with E-state index in [4.69, 9.17) is 10.5 Å². The van der Waals surface area contributed by atoms with Crippen molar-refractivity contribution in [2.24, 2.45) is 0 Å². The molecule has 5 heteroatoms. The zero-order chi connectivity index (χ0) is 16.7. The maximum absolute atomic E-state index is 12.6. The Bertz CT molecular complexity index is 661. The Kier molecular flexibility index (Phi) is 6.35. The number of rotatable bonds is 7. The molecule has 3 N–H and O–H groups in total. The number of carbonyl (C=O) groups excluding carboxylic acids is 1. The number of thioether (sulfide) groups is 1. The molecule has 0 radical (unpaired) electrons. The highest BCUT2D eigenvalue weighted by atomic mass is 32.2. The van der Waals surface area contributed by atoms with Crippen LogP contribution in [-0.2, 0) is 4.79 Å². The van der Waals surface area contributed by atoms with E-state index in [1.165, 1.54) is 11.8 Å². The van der Waals surface area contributed by atoms with E-state index in [1.807, 2.05) is 62.4 Å². The summed E-state index contributed by atoms with van der Waals surface area (Å²) in [6.45, 7) is 4.48. The van der Waals surface area contributed by atoms with E-state index in [0.29, 0.717) is 23.7 Å². The maximum Gasteiger partial charge on any atom is 0.237 e. The molecule has 0 saturated heterocycles. The largest absolute Gasteiger partial charge is 0.492 e. The number of nitrogen functional groups attached to an aromatic ring is 1. The Morgan fingerprint density at radius 3 is 2.70 bits per heavy atom. The zero-order valence-electron chi connectivity index (χ0n) is 13.4. The van der Waals surface area contributed by atoms with Crippen molar-refractivity contribution >= 4 is 29.0 Å². The van der Waals surface area contributed by atoms with E-state index >= 15 is 0 Å². The van der Waals surface area contributed by atoms with Gasteiger partial charge in [0.2, 0.25) is 5.91 Å². The van der Waals surface area contributed by atoms with Gasteiger partial charge in [-0.15, -0.1) is 11.8 Å². The quantitative estimate of drug-likeness (QED) is 0.590. The second kappa shape index (κ2) is 8.48. The third-order valence-electron chi connectivity index (χ3n) is 3.24. The first kappa shape index (κ1) is 17.2. The second-order valence-electron chi connectivity index (χ2n) is 5.01. The Labute approximate surface area is 141 Å². The van der Waals surface area contributed by atoms with E-state index in [2.05, 4.69) is 5.32 Å². The fraction of sp³-hybridized carbons (Fsp3) is 0.278. The molecule has 0 aliphatic heterocycles. The van der Waals surface area contributed by atoms with Crippen LogP contribution in [0.1, 0.15) is 20.3 Å². The van der Waals surface area contributed by atoms with E-state index in [1.54, 1.807) is 0 Å². The van der Waals surface area contributed by atoms with E-state index in [0.717, 1.165) is 11.3 Å². The topological polar surface area (TPSA) is 64.3 Å². The molecule has 23 heavy (non-hydrogen) atoms. The summed E-state index contributed by atoms with van der Waals surface area (Å²) < 4.78 is 5.55. The fourth-order valence-corrected chi connectivity index (χ4v) is 3.16. The van der Waals surface area contributed by atoms with Crippen LogP contribution in [0.25, 0.3) is 0 Å². The van der Waals surface area contributed by atoms with Gasteiger partial charge in [0.05, 0.1) is 17.5 Å². The molecular formula is C18H22N2O2S. The van der Waals surface area contributed by atoms with Crippen LogP contribution in [0.5, 0.6) is 5.75 Å². The third-order valence-corrected chi connectivity index (χ3v) is 4.60. The molecule has 1 amide bonds. The van der Waals surface area contributed by atoms with E-state index < -0.39 is 0 Å². The van der Waals surface area contributed by atoms with Crippen LogP contribution < -0.4 is 15.8 Å². The van der Waals surface area contributed by atoms with Gasteiger partial charge in [-0.3, -0.25) is 4.79 Å². The maximum atomic E-state index is 12.6. The van der Waals surface area contributed by atoms with Crippen molar-refractivity contribution in [3.05, 3.63) is 48.5 Å². The summed E-state index contributed by atoms with van der Waals surface area (Å²) in [5, 5.41) is 2.78. The van der Waals surface area contributed by atoms with Gasteiger partial charge in [-0.1, -0.05) is 25.1 Å². The lowest BCUT2D eigenvalue weighted by atomic mass is 10.2. The summed E-state index contributed by atoms with van der Waals surface area (Å²) in [7, 11) is 0. The predicted molar refractivity (Wildman–Crippen MR) is 97.0 cm³/mol. The van der Waals surface area contributed by atoms with Crippen LogP contribution in [0.15, 0.2) is 53.4 Å². The first-order chi connectivity index (χ1) is 11.1. The van der Waals surface area contributed by atoms with Gasteiger partial charge in [-0.05, 0) is 43.7 Å². The highest BCUT2D eigenvalue weighted by Gasteiger charge is 2.19. The molecule has 0 fully saturated rings. The van der Waals surface area contributed by atoms with Crippen molar-refractivity contribution < 1.29 is 9.53 Å². The van der Waals surface area contributed by atoms with Gasteiger partial charge in [0.25, 0.3) is 0 Å². The summed E-state index contributed by atoms with van der Waals surface area (Å²) in [6, 6.07) is 15.0. The molecule has 4 nitrogen and oxygen atoms in total. The smallest absolute Gasteiger partial charge is 0.237 e. The first-order valence-electron chi connectivity index (χ1n) is 7.69. The number of carbonyl (C=O) groups is 1. The van der Waals surface area contributed by atoms with Crippen molar-refractivity contribution in [1.29, 1.82) is 0 Å². The van der Waals surface area contributed by atoms with Crippen molar-refractivity contribution in [3.63, 3.8) is 0 Å². The summed E-state index contributed by atoms with van der Waals surface area (Å²) in [6.07, 6.45) is 0.724. The highest BCUT2D eigenvalue weighted by Crippen LogP contribution is 2.29. The number of benzene rings is 2. The Morgan fingerprint density at radius 2 is 2.00 bits per heavy atom. The van der Waals surface area contributed by atoms with Gasteiger partial charge >= 0.3 is 0 Å². The zero-order valence-corrected chi connectivity index (χ0v) is 14.2. The summed E-state index contributed by atoms with van der Waals surface area (Å²) in [4.78, 5) is 13.6. The van der Waals surface area contributed by atoms with E-state index in [9.17, 15) is 4.79 Å². The molecule has 1 atom stereocenters. The second-order valence-corrected chi connectivity index (χ2v) is 6.28.